The Morgan fingerprint density at radius 1 is 0.286 bits per heavy atom. The summed E-state index contributed by atoms with van der Waals surface area (Å²) in [7, 11) is 0. The Labute approximate surface area is 327 Å². The van der Waals surface area contributed by atoms with Crippen LogP contribution in [-0.4, -0.2) is 4.57 Å². The second kappa shape index (κ2) is 14.4. The van der Waals surface area contributed by atoms with Gasteiger partial charge in [0.1, 0.15) is 0 Å². The van der Waals surface area contributed by atoms with E-state index >= 15 is 0 Å². The molecule has 0 fully saturated rings. The van der Waals surface area contributed by atoms with E-state index in [0.717, 1.165) is 28.3 Å². The molecule has 0 atom stereocenters. The molecule has 0 aliphatic carbocycles. The lowest BCUT2D eigenvalue weighted by atomic mass is 9.98. The summed E-state index contributed by atoms with van der Waals surface area (Å²) in [6, 6.07) is 83.0. The molecule has 10 aromatic rings. The summed E-state index contributed by atoms with van der Waals surface area (Å²) in [6.07, 6.45) is 0. The van der Waals surface area contributed by atoms with E-state index in [0.29, 0.717) is 0 Å². The van der Waals surface area contributed by atoms with Gasteiger partial charge in [0.15, 0.2) is 0 Å². The first-order valence-corrected chi connectivity index (χ1v) is 19.2. The van der Waals surface area contributed by atoms with Gasteiger partial charge < -0.3 is 9.47 Å². The fraction of sp³-hybridized carbons (Fsp3) is 0. The molecule has 0 spiro atoms. The molecular weight excluding hydrogens is 677 g/mol. The van der Waals surface area contributed by atoms with E-state index in [1.54, 1.807) is 0 Å². The van der Waals surface area contributed by atoms with Crippen LogP contribution in [0.4, 0.5) is 17.1 Å². The molecule has 56 heavy (non-hydrogen) atoms. The van der Waals surface area contributed by atoms with E-state index in [1.165, 1.54) is 60.8 Å². The average molecular weight is 715 g/mol. The maximum Gasteiger partial charge on any atom is 0.0562 e. The van der Waals surface area contributed by atoms with Crippen LogP contribution in [-0.2, 0) is 0 Å². The molecular formula is C54H38N2. The predicted octanol–water partition coefficient (Wildman–Crippen LogP) is 14.9. The van der Waals surface area contributed by atoms with E-state index in [9.17, 15) is 0 Å². The van der Waals surface area contributed by atoms with Crippen LogP contribution < -0.4 is 4.90 Å². The normalized spacial score (nSPS) is 11.2. The summed E-state index contributed by atoms with van der Waals surface area (Å²) >= 11 is 0. The number of fused-ring (bicyclic) bond motifs is 3. The lowest BCUT2D eigenvalue weighted by molar-refractivity contribution is 1.18. The Hall–Kier alpha value is -7.42. The highest BCUT2D eigenvalue weighted by Crippen LogP contribution is 2.43. The zero-order valence-electron chi connectivity index (χ0n) is 30.8. The van der Waals surface area contributed by atoms with Crippen LogP contribution in [0.2, 0.25) is 0 Å². The first kappa shape index (κ1) is 33.2. The molecule has 10 rings (SSSR count). The number of para-hydroxylation sites is 1. The van der Waals surface area contributed by atoms with Crippen LogP contribution in [0.25, 0.3) is 72.0 Å². The van der Waals surface area contributed by atoms with Gasteiger partial charge in [0.05, 0.1) is 11.0 Å². The van der Waals surface area contributed by atoms with E-state index in [4.69, 9.17) is 0 Å². The third-order valence-corrected chi connectivity index (χ3v) is 10.8. The van der Waals surface area contributed by atoms with E-state index in [-0.39, 0.29) is 0 Å². The first-order valence-electron chi connectivity index (χ1n) is 19.2. The van der Waals surface area contributed by atoms with Crippen LogP contribution in [0.15, 0.2) is 231 Å². The molecule has 0 aliphatic rings. The van der Waals surface area contributed by atoms with Crippen molar-refractivity contribution in [3.8, 4) is 50.2 Å². The molecule has 2 heteroatoms. The third-order valence-electron chi connectivity index (χ3n) is 10.8. The molecule has 0 bridgehead atoms. The van der Waals surface area contributed by atoms with E-state index in [1.807, 2.05) is 0 Å². The summed E-state index contributed by atoms with van der Waals surface area (Å²) in [5.74, 6) is 0. The number of hydrogen-bond donors (Lipinski definition) is 0. The molecule has 2 nitrogen and oxygen atoms in total. The predicted molar refractivity (Wildman–Crippen MR) is 237 cm³/mol. The third kappa shape index (κ3) is 6.14. The van der Waals surface area contributed by atoms with Gasteiger partial charge in [-0.15, -0.1) is 0 Å². The lowest BCUT2D eigenvalue weighted by Crippen LogP contribution is -2.10. The van der Waals surface area contributed by atoms with Crippen LogP contribution in [0, 0.1) is 0 Å². The second-order valence-corrected chi connectivity index (χ2v) is 14.2. The zero-order valence-corrected chi connectivity index (χ0v) is 30.8. The van der Waals surface area contributed by atoms with Crippen LogP contribution in [0.1, 0.15) is 0 Å². The van der Waals surface area contributed by atoms with Crippen molar-refractivity contribution in [3.05, 3.63) is 231 Å². The Morgan fingerprint density at radius 2 is 0.732 bits per heavy atom. The summed E-state index contributed by atoms with van der Waals surface area (Å²) in [5.41, 5.74) is 16.4. The molecule has 264 valence electrons. The molecule has 1 heterocycles. The highest BCUT2D eigenvalue weighted by molar-refractivity contribution is 6.16. The van der Waals surface area contributed by atoms with Crippen molar-refractivity contribution in [1.29, 1.82) is 0 Å². The molecule has 0 amide bonds. The maximum absolute atomic E-state index is 2.42. The summed E-state index contributed by atoms with van der Waals surface area (Å²) < 4.78 is 2.42. The minimum absolute atomic E-state index is 1.09. The Balaban J connectivity index is 1.14. The van der Waals surface area contributed by atoms with Gasteiger partial charge in [-0.1, -0.05) is 170 Å². The molecule has 0 unspecified atom stereocenters. The molecule has 0 radical (unpaired) electrons. The maximum atomic E-state index is 2.42. The quantitative estimate of drug-likeness (QED) is 0.152. The standard InChI is InChI=1S/C54H38N2/c1-5-15-39(16-6-1)41-27-31-47(32-28-41)55(48-33-29-42(30-34-48)45-22-13-21-44(37-45)40-17-7-2-8-18-40)49-35-36-51-53(38-49)56(46-23-11-4-12-24-46)52-26-14-25-50(54(51)52)43-19-9-3-10-20-43/h1-38H. The summed E-state index contributed by atoms with van der Waals surface area (Å²) in [6.45, 7) is 0. The van der Waals surface area contributed by atoms with Crippen LogP contribution in [0.3, 0.4) is 0 Å². The second-order valence-electron chi connectivity index (χ2n) is 14.2. The SMILES string of the molecule is c1ccc(-c2ccc(N(c3ccc(-c4cccc(-c5ccccc5)c4)cc3)c3ccc4c5c(-c6ccccc6)cccc5n(-c5ccccc5)c4c3)cc2)cc1. The Morgan fingerprint density at radius 3 is 1.32 bits per heavy atom. The smallest absolute Gasteiger partial charge is 0.0562 e. The molecule has 0 saturated carbocycles. The average Bonchev–Trinajstić information content (AvgIpc) is 3.62. The number of nitrogens with zero attached hydrogens (tertiary/aromatic N) is 2. The van der Waals surface area contributed by atoms with Crippen molar-refractivity contribution >= 4 is 38.9 Å². The fourth-order valence-corrected chi connectivity index (χ4v) is 8.10. The van der Waals surface area contributed by atoms with Crippen LogP contribution in [0.5, 0.6) is 0 Å². The number of aromatic nitrogens is 1. The van der Waals surface area contributed by atoms with E-state index in [2.05, 4.69) is 240 Å². The summed E-state index contributed by atoms with van der Waals surface area (Å²) in [4.78, 5) is 2.38. The Bertz CT molecular complexity index is 2910. The number of rotatable bonds is 8. The fourth-order valence-electron chi connectivity index (χ4n) is 8.10. The van der Waals surface area contributed by atoms with Gasteiger partial charge in [-0.05, 0) is 105 Å². The molecule has 9 aromatic carbocycles. The van der Waals surface area contributed by atoms with Crippen molar-refractivity contribution < 1.29 is 0 Å². The number of benzene rings is 9. The number of hydrogen-bond acceptors (Lipinski definition) is 1. The summed E-state index contributed by atoms with van der Waals surface area (Å²) in [5, 5.41) is 2.48. The van der Waals surface area contributed by atoms with Crippen molar-refractivity contribution in [2.24, 2.45) is 0 Å². The number of anilines is 3. The van der Waals surface area contributed by atoms with Gasteiger partial charge in [0.25, 0.3) is 0 Å². The monoisotopic (exact) mass is 714 g/mol. The van der Waals surface area contributed by atoms with Gasteiger partial charge in [-0.2, -0.15) is 0 Å². The van der Waals surface area contributed by atoms with Crippen molar-refractivity contribution in [2.75, 3.05) is 4.90 Å². The Kier molecular flexibility index (Phi) is 8.55. The molecule has 0 N–H and O–H groups in total. The van der Waals surface area contributed by atoms with Crippen molar-refractivity contribution in [1.82, 2.24) is 4.57 Å². The van der Waals surface area contributed by atoms with E-state index < -0.39 is 0 Å². The zero-order chi connectivity index (χ0) is 37.3. The molecule has 1 aromatic heterocycles. The highest BCUT2D eigenvalue weighted by Gasteiger charge is 2.20. The largest absolute Gasteiger partial charge is 0.310 e. The van der Waals surface area contributed by atoms with Gasteiger partial charge in [-0.25, -0.2) is 0 Å². The van der Waals surface area contributed by atoms with Gasteiger partial charge in [0, 0.05) is 33.5 Å². The minimum atomic E-state index is 1.09. The first-order chi connectivity index (χ1) is 27.8. The molecule has 0 aliphatic heterocycles. The van der Waals surface area contributed by atoms with Gasteiger partial charge in [0.2, 0.25) is 0 Å². The van der Waals surface area contributed by atoms with Gasteiger partial charge in [-0.3, -0.25) is 0 Å². The minimum Gasteiger partial charge on any atom is -0.310 e. The topological polar surface area (TPSA) is 8.17 Å². The van der Waals surface area contributed by atoms with Crippen LogP contribution >= 0.6 is 0 Å². The highest BCUT2D eigenvalue weighted by atomic mass is 15.1. The van der Waals surface area contributed by atoms with Gasteiger partial charge >= 0.3 is 0 Å². The van der Waals surface area contributed by atoms with Crippen molar-refractivity contribution in [3.63, 3.8) is 0 Å². The van der Waals surface area contributed by atoms with Crippen molar-refractivity contribution in [2.45, 2.75) is 0 Å². The molecule has 0 saturated heterocycles. The lowest BCUT2D eigenvalue weighted by Gasteiger charge is -2.26.